The minimum Gasteiger partial charge on any atom is -0.459 e. The Balaban J connectivity index is 2.16. The molecule has 2 aromatic heterocycles. The fourth-order valence-electron chi connectivity index (χ4n) is 2.81. The van der Waals surface area contributed by atoms with Crippen LogP contribution in [0.15, 0.2) is 6.20 Å². The number of nitrogens with two attached hydrogens (primary N) is 1. The number of hydrogen-bond acceptors (Lipinski definition) is 7. The molecule has 0 bridgehead atoms. The van der Waals surface area contributed by atoms with Gasteiger partial charge in [-0.3, -0.25) is 19.2 Å². The van der Waals surface area contributed by atoms with Crippen LogP contribution in [0, 0.1) is 13.8 Å². The molecule has 0 spiro atoms. The zero-order valence-corrected chi connectivity index (χ0v) is 18.3. The highest BCUT2D eigenvalue weighted by molar-refractivity contribution is 7.18. The predicted octanol–water partition coefficient (Wildman–Crippen LogP) is 1.83. The van der Waals surface area contributed by atoms with Gasteiger partial charge in [-0.25, -0.2) is 4.79 Å². The lowest BCUT2D eigenvalue weighted by Gasteiger charge is -2.16. The van der Waals surface area contributed by atoms with Gasteiger partial charge < -0.3 is 15.8 Å². The number of thiophene rings is 1. The number of carbonyl (C=O) groups is 3. The number of carbonyl (C=O) groups excluding carboxylic acids is 3. The fourth-order valence-corrected chi connectivity index (χ4v) is 3.88. The summed E-state index contributed by atoms with van der Waals surface area (Å²) in [5, 5.41) is 7.18. The molecule has 2 aromatic rings. The molecule has 0 aliphatic rings. The molecular weight excluding hydrogens is 394 g/mol. The minimum absolute atomic E-state index is 0.0931. The highest BCUT2D eigenvalue weighted by Crippen LogP contribution is 2.33. The van der Waals surface area contributed by atoms with Crippen LogP contribution in [-0.2, 0) is 23.1 Å². The molecule has 0 aromatic carbocycles. The van der Waals surface area contributed by atoms with E-state index in [0.717, 1.165) is 22.6 Å². The third-order valence-corrected chi connectivity index (χ3v) is 5.58. The van der Waals surface area contributed by atoms with E-state index < -0.39 is 11.9 Å². The Morgan fingerprint density at radius 3 is 2.52 bits per heavy atom. The zero-order valence-electron chi connectivity index (χ0n) is 17.5. The summed E-state index contributed by atoms with van der Waals surface area (Å²) in [6.07, 6.45) is 1.43. The number of nitrogens with one attached hydrogen (secondary N) is 1. The first-order chi connectivity index (χ1) is 13.5. The van der Waals surface area contributed by atoms with Crippen molar-refractivity contribution in [3.63, 3.8) is 0 Å². The van der Waals surface area contributed by atoms with E-state index in [4.69, 9.17) is 10.5 Å². The molecule has 0 atom stereocenters. The molecule has 2 amide bonds. The number of esters is 1. The number of aromatic nitrogens is 2. The molecule has 0 radical (unpaired) electrons. The van der Waals surface area contributed by atoms with Gasteiger partial charge in [0.25, 0.3) is 5.91 Å². The first kappa shape index (κ1) is 22.6. The Kier molecular flexibility index (Phi) is 7.15. The van der Waals surface area contributed by atoms with Gasteiger partial charge in [0.2, 0.25) is 5.91 Å². The van der Waals surface area contributed by atoms with E-state index in [-0.39, 0.29) is 34.0 Å². The molecule has 158 valence electrons. The molecule has 0 saturated carbocycles. The molecule has 0 unspecified atom stereocenters. The molecule has 2 heterocycles. The third-order valence-electron chi connectivity index (χ3n) is 4.36. The number of ether oxygens (including phenoxy) is 1. The number of rotatable bonds is 8. The first-order valence-corrected chi connectivity index (χ1v) is 9.92. The van der Waals surface area contributed by atoms with E-state index in [9.17, 15) is 14.4 Å². The summed E-state index contributed by atoms with van der Waals surface area (Å²) in [5.74, 6) is -1.57. The van der Waals surface area contributed by atoms with E-state index in [0.29, 0.717) is 12.1 Å². The van der Waals surface area contributed by atoms with Crippen LogP contribution >= 0.6 is 11.3 Å². The number of primary amides is 1. The van der Waals surface area contributed by atoms with Crippen molar-refractivity contribution in [2.24, 2.45) is 12.8 Å². The van der Waals surface area contributed by atoms with Crippen molar-refractivity contribution in [1.29, 1.82) is 0 Å². The van der Waals surface area contributed by atoms with Gasteiger partial charge in [-0.2, -0.15) is 5.10 Å². The Morgan fingerprint density at radius 2 is 2.00 bits per heavy atom. The van der Waals surface area contributed by atoms with Gasteiger partial charge in [-0.1, -0.05) is 0 Å². The normalized spacial score (nSPS) is 11.2. The molecule has 2 rings (SSSR count). The van der Waals surface area contributed by atoms with Gasteiger partial charge >= 0.3 is 5.97 Å². The maximum Gasteiger partial charge on any atom is 0.341 e. The lowest BCUT2D eigenvalue weighted by atomic mass is 10.1. The summed E-state index contributed by atoms with van der Waals surface area (Å²) in [6, 6.07) is 0. The largest absolute Gasteiger partial charge is 0.459 e. The molecule has 0 fully saturated rings. The number of amides is 2. The summed E-state index contributed by atoms with van der Waals surface area (Å²) in [7, 11) is 3.67. The summed E-state index contributed by atoms with van der Waals surface area (Å²) in [6.45, 7) is 7.66. The standard InChI is InChI=1S/C19H27N5O4S/c1-10(2)28-19(27)15-11(3)16(17(20)26)29-18(15)22-14(25)9-23(5)8-13-7-21-24(6)12(13)4/h7,10H,8-9H2,1-6H3,(H2,20,26)(H,22,25). The SMILES string of the molecule is Cc1c(C(N)=O)sc(NC(=O)CN(C)Cc2cnn(C)c2C)c1C(=O)OC(C)C. The van der Waals surface area contributed by atoms with Crippen LogP contribution in [0.4, 0.5) is 5.00 Å². The second-order valence-corrected chi connectivity index (χ2v) is 8.20. The van der Waals surface area contributed by atoms with Crippen LogP contribution in [0.1, 0.15) is 50.7 Å². The summed E-state index contributed by atoms with van der Waals surface area (Å²) in [5.41, 5.74) is 8.02. The van der Waals surface area contributed by atoms with Gasteiger partial charge in [0, 0.05) is 24.8 Å². The first-order valence-electron chi connectivity index (χ1n) is 9.11. The molecule has 9 nitrogen and oxygen atoms in total. The second-order valence-electron chi connectivity index (χ2n) is 7.18. The molecule has 3 N–H and O–H groups in total. The van der Waals surface area contributed by atoms with Gasteiger partial charge in [-0.15, -0.1) is 11.3 Å². The zero-order chi connectivity index (χ0) is 21.9. The second kappa shape index (κ2) is 9.19. The van der Waals surface area contributed by atoms with E-state index in [1.54, 1.807) is 31.6 Å². The number of likely N-dealkylation sites (N-methyl/N-ethyl adjacent to an activating group) is 1. The van der Waals surface area contributed by atoms with Crippen molar-refractivity contribution >= 4 is 34.1 Å². The van der Waals surface area contributed by atoms with E-state index in [1.165, 1.54) is 0 Å². The van der Waals surface area contributed by atoms with Gasteiger partial charge in [0.15, 0.2) is 0 Å². The predicted molar refractivity (Wildman–Crippen MR) is 111 cm³/mol. The van der Waals surface area contributed by atoms with Crippen molar-refractivity contribution in [1.82, 2.24) is 14.7 Å². The smallest absolute Gasteiger partial charge is 0.341 e. The molecule has 29 heavy (non-hydrogen) atoms. The maximum absolute atomic E-state index is 12.6. The van der Waals surface area contributed by atoms with Crippen molar-refractivity contribution in [2.45, 2.75) is 40.3 Å². The summed E-state index contributed by atoms with van der Waals surface area (Å²) < 4.78 is 7.03. The third kappa shape index (κ3) is 5.42. The van der Waals surface area contributed by atoms with Crippen LogP contribution < -0.4 is 11.1 Å². The number of nitrogens with zero attached hydrogens (tertiary/aromatic N) is 3. The van der Waals surface area contributed by atoms with Crippen LogP contribution in [0.25, 0.3) is 0 Å². The lowest BCUT2D eigenvalue weighted by Crippen LogP contribution is -2.30. The van der Waals surface area contributed by atoms with Crippen molar-refractivity contribution < 1.29 is 19.1 Å². The van der Waals surface area contributed by atoms with Crippen molar-refractivity contribution in [3.05, 3.63) is 33.5 Å². The lowest BCUT2D eigenvalue weighted by molar-refractivity contribution is -0.117. The average molecular weight is 422 g/mol. The molecule has 0 aliphatic heterocycles. The monoisotopic (exact) mass is 421 g/mol. The number of hydrogen-bond donors (Lipinski definition) is 2. The summed E-state index contributed by atoms with van der Waals surface area (Å²) in [4.78, 5) is 38.8. The maximum atomic E-state index is 12.6. The number of aryl methyl sites for hydroxylation is 1. The summed E-state index contributed by atoms with van der Waals surface area (Å²) >= 11 is 0.976. The fraction of sp³-hybridized carbons (Fsp3) is 0.474. The topological polar surface area (TPSA) is 120 Å². The van der Waals surface area contributed by atoms with Crippen LogP contribution in [-0.4, -0.2) is 52.2 Å². The van der Waals surface area contributed by atoms with Crippen molar-refractivity contribution in [3.8, 4) is 0 Å². The quantitative estimate of drug-likeness (QED) is 0.628. The minimum atomic E-state index is -0.657. The van der Waals surface area contributed by atoms with E-state index in [2.05, 4.69) is 10.4 Å². The van der Waals surface area contributed by atoms with Gasteiger partial charge in [0.1, 0.15) is 5.00 Å². The molecule has 0 aliphatic carbocycles. The van der Waals surface area contributed by atoms with Crippen LogP contribution in [0.5, 0.6) is 0 Å². The molecule has 10 heteroatoms. The Hall–Kier alpha value is -2.72. The van der Waals surface area contributed by atoms with E-state index >= 15 is 0 Å². The van der Waals surface area contributed by atoms with Gasteiger partial charge in [-0.05, 0) is 40.3 Å². The van der Waals surface area contributed by atoms with E-state index in [1.807, 2.05) is 25.9 Å². The van der Waals surface area contributed by atoms with Gasteiger partial charge in [0.05, 0.1) is 29.3 Å². The van der Waals surface area contributed by atoms with Crippen LogP contribution in [0.2, 0.25) is 0 Å². The molecule has 0 saturated heterocycles. The van der Waals surface area contributed by atoms with Crippen molar-refractivity contribution in [2.75, 3.05) is 18.9 Å². The highest BCUT2D eigenvalue weighted by atomic mass is 32.1. The van der Waals surface area contributed by atoms with Crippen LogP contribution in [0.3, 0.4) is 0 Å². The Morgan fingerprint density at radius 1 is 1.34 bits per heavy atom. The Labute approximate surface area is 173 Å². The number of anilines is 1. The highest BCUT2D eigenvalue weighted by Gasteiger charge is 2.26. The average Bonchev–Trinajstić information content (AvgIpc) is 3.08. The molecular formula is C19H27N5O4S. The Bertz CT molecular complexity index is 931.